The topological polar surface area (TPSA) is 41.6 Å². The third kappa shape index (κ3) is 6.77. The van der Waals surface area contributed by atoms with E-state index in [1.54, 1.807) is 0 Å². The summed E-state index contributed by atoms with van der Waals surface area (Å²) in [6.45, 7) is 8.02. The smallest absolute Gasteiger partial charge is 0.236 e. The summed E-state index contributed by atoms with van der Waals surface area (Å²) in [5.74, 6) is 0.225. The highest BCUT2D eigenvalue weighted by Gasteiger charge is 2.14. The number of hydrogen-bond donors (Lipinski definition) is 1. The third-order valence-corrected chi connectivity index (χ3v) is 3.12. The van der Waals surface area contributed by atoms with E-state index in [2.05, 4.69) is 11.9 Å². The van der Waals surface area contributed by atoms with Gasteiger partial charge < -0.3 is 15.0 Å². The van der Waals surface area contributed by atoms with Crippen molar-refractivity contribution in [1.29, 1.82) is 0 Å². The molecule has 104 valence electrons. The standard InChI is InChI=1S/C14H26N2O2/c1-2-3-11-18-12-8-15-13-14(17)16-9-6-4-5-7-10-16/h2,15H,1,3-13H2. The number of amides is 1. The lowest BCUT2D eigenvalue weighted by Gasteiger charge is -2.20. The summed E-state index contributed by atoms with van der Waals surface area (Å²) in [7, 11) is 0. The van der Waals surface area contributed by atoms with E-state index < -0.39 is 0 Å². The third-order valence-electron chi connectivity index (χ3n) is 3.12. The van der Waals surface area contributed by atoms with Crippen LogP contribution < -0.4 is 5.32 Å². The maximum Gasteiger partial charge on any atom is 0.236 e. The predicted molar refractivity (Wildman–Crippen MR) is 73.6 cm³/mol. The maximum atomic E-state index is 11.9. The molecule has 0 aliphatic carbocycles. The number of ether oxygens (including phenoxy) is 1. The van der Waals surface area contributed by atoms with Crippen molar-refractivity contribution in [1.82, 2.24) is 10.2 Å². The van der Waals surface area contributed by atoms with E-state index in [0.29, 0.717) is 19.8 Å². The fraction of sp³-hybridized carbons (Fsp3) is 0.786. The lowest BCUT2D eigenvalue weighted by Crippen LogP contribution is -2.39. The Labute approximate surface area is 110 Å². The Hall–Kier alpha value is -0.870. The average Bonchev–Trinajstić information content (AvgIpc) is 2.66. The van der Waals surface area contributed by atoms with Crippen molar-refractivity contribution in [2.45, 2.75) is 32.1 Å². The molecule has 0 aromatic heterocycles. The first-order valence-corrected chi connectivity index (χ1v) is 7.01. The predicted octanol–water partition coefficient (Wildman–Crippen LogP) is 1.57. The molecule has 0 aromatic rings. The second-order valence-electron chi connectivity index (χ2n) is 4.66. The molecule has 0 radical (unpaired) electrons. The molecule has 1 fully saturated rings. The Morgan fingerprint density at radius 1 is 1.22 bits per heavy atom. The van der Waals surface area contributed by atoms with Crippen molar-refractivity contribution in [3.8, 4) is 0 Å². The molecular weight excluding hydrogens is 228 g/mol. The van der Waals surface area contributed by atoms with Crippen LogP contribution in [0.15, 0.2) is 12.7 Å². The van der Waals surface area contributed by atoms with Crippen LogP contribution in [0.1, 0.15) is 32.1 Å². The summed E-state index contributed by atoms with van der Waals surface area (Å²) in [5.41, 5.74) is 0. The first-order valence-electron chi connectivity index (χ1n) is 7.01. The Kier molecular flexibility index (Phi) is 8.51. The fourth-order valence-electron chi connectivity index (χ4n) is 2.04. The van der Waals surface area contributed by atoms with Gasteiger partial charge in [0, 0.05) is 19.6 Å². The van der Waals surface area contributed by atoms with Gasteiger partial charge in [-0.25, -0.2) is 0 Å². The number of rotatable bonds is 8. The van der Waals surface area contributed by atoms with Gasteiger partial charge in [-0.15, -0.1) is 6.58 Å². The minimum Gasteiger partial charge on any atom is -0.380 e. The zero-order valence-corrected chi connectivity index (χ0v) is 11.3. The zero-order valence-electron chi connectivity index (χ0n) is 11.3. The van der Waals surface area contributed by atoms with Crippen molar-refractivity contribution < 1.29 is 9.53 Å². The molecule has 4 heteroatoms. The van der Waals surface area contributed by atoms with Crippen LogP contribution in [0.5, 0.6) is 0 Å². The van der Waals surface area contributed by atoms with E-state index in [-0.39, 0.29) is 5.91 Å². The van der Waals surface area contributed by atoms with Gasteiger partial charge in [0.05, 0.1) is 19.8 Å². The highest BCUT2D eigenvalue weighted by atomic mass is 16.5. The average molecular weight is 254 g/mol. The van der Waals surface area contributed by atoms with Crippen LogP contribution in [0.2, 0.25) is 0 Å². The van der Waals surface area contributed by atoms with Gasteiger partial charge in [-0.1, -0.05) is 18.9 Å². The van der Waals surface area contributed by atoms with Crippen molar-refractivity contribution in [2.24, 2.45) is 0 Å². The van der Waals surface area contributed by atoms with Gasteiger partial charge >= 0.3 is 0 Å². The zero-order chi connectivity index (χ0) is 13.1. The van der Waals surface area contributed by atoms with Crippen molar-refractivity contribution >= 4 is 5.91 Å². The van der Waals surface area contributed by atoms with E-state index in [0.717, 1.165) is 38.9 Å². The second-order valence-corrected chi connectivity index (χ2v) is 4.66. The van der Waals surface area contributed by atoms with Crippen molar-refractivity contribution in [3.63, 3.8) is 0 Å². The molecule has 1 rings (SSSR count). The Balaban J connectivity index is 2.00. The summed E-state index contributed by atoms with van der Waals surface area (Å²) >= 11 is 0. The van der Waals surface area contributed by atoms with E-state index in [1.807, 2.05) is 11.0 Å². The number of nitrogens with zero attached hydrogens (tertiary/aromatic N) is 1. The van der Waals surface area contributed by atoms with Crippen LogP contribution in [-0.2, 0) is 9.53 Å². The molecule has 0 saturated carbocycles. The molecule has 1 amide bonds. The highest BCUT2D eigenvalue weighted by molar-refractivity contribution is 5.78. The fourth-order valence-corrected chi connectivity index (χ4v) is 2.04. The molecule has 1 heterocycles. The maximum absolute atomic E-state index is 11.9. The summed E-state index contributed by atoms with van der Waals surface area (Å²) in [5, 5.41) is 3.14. The van der Waals surface area contributed by atoms with Crippen molar-refractivity contribution in [3.05, 3.63) is 12.7 Å². The number of nitrogens with one attached hydrogen (secondary N) is 1. The van der Waals surface area contributed by atoms with Gasteiger partial charge in [-0.3, -0.25) is 4.79 Å². The van der Waals surface area contributed by atoms with Crippen LogP contribution in [0.3, 0.4) is 0 Å². The van der Waals surface area contributed by atoms with E-state index in [4.69, 9.17) is 4.74 Å². The minimum absolute atomic E-state index is 0.225. The molecule has 1 aliphatic rings. The quantitative estimate of drug-likeness (QED) is 0.528. The van der Waals surface area contributed by atoms with Crippen LogP contribution in [0, 0.1) is 0 Å². The normalized spacial score (nSPS) is 16.3. The molecular formula is C14H26N2O2. The number of carbonyl (C=O) groups is 1. The van der Waals surface area contributed by atoms with E-state index in [9.17, 15) is 4.79 Å². The molecule has 1 aliphatic heterocycles. The molecule has 0 spiro atoms. The first kappa shape index (κ1) is 15.2. The SMILES string of the molecule is C=CCCOCCNCC(=O)N1CCCCCC1. The molecule has 1 N–H and O–H groups in total. The van der Waals surface area contributed by atoms with E-state index in [1.165, 1.54) is 12.8 Å². The molecule has 0 bridgehead atoms. The Morgan fingerprint density at radius 2 is 1.94 bits per heavy atom. The molecule has 0 atom stereocenters. The summed E-state index contributed by atoms with van der Waals surface area (Å²) < 4.78 is 5.36. The molecule has 0 unspecified atom stereocenters. The number of likely N-dealkylation sites (tertiary alicyclic amines) is 1. The van der Waals surface area contributed by atoms with Crippen molar-refractivity contribution in [2.75, 3.05) is 39.4 Å². The monoisotopic (exact) mass is 254 g/mol. The van der Waals surface area contributed by atoms with Gasteiger partial charge in [0.15, 0.2) is 0 Å². The van der Waals surface area contributed by atoms with Gasteiger partial charge in [0.25, 0.3) is 0 Å². The minimum atomic E-state index is 0.225. The number of carbonyl (C=O) groups excluding carboxylic acids is 1. The van der Waals surface area contributed by atoms with Crippen LogP contribution in [-0.4, -0.2) is 50.2 Å². The van der Waals surface area contributed by atoms with Gasteiger partial charge in [0.1, 0.15) is 0 Å². The van der Waals surface area contributed by atoms with Gasteiger partial charge in [-0.05, 0) is 19.3 Å². The summed E-state index contributed by atoms with van der Waals surface area (Å²) in [4.78, 5) is 13.9. The van der Waals surface area contributed by atoms with Gasteiger partial charge in [0.2, 0.25) is 5.91 Å². The Bertz CT molecular complexity index is 236. The van der Waals surface area contributed by atoms with Crippen LogP contribution in [0.4, 0.5) is 0 Å². The summed E-state index contributed by atoms with van der Waals surface area (Å²) in [6, 6.07) is 0. The lowest BCUT2D eigenvalue weighted by molar-refractivity contribution is -0.130. The molecule has 0 aromatic carbocycles. The van der Waals surface area contributed by atoms with E-state index >= 15 is 0 Å². The summed E-state index contributed by atoms with van der Waals surface area (Å²) in [6.07, 6.45) is 7.54. The largest absolute Gasteiger partial charge is 0.380 e. The molecule has 1 saturated heterocycles. The Morgan fingerprint density at radius 3 is 2.61 bits per heavy atom. The molecule has 4 nitrogen and oxygen atoms in total. The van der Waals surface area contributed by atoms with Crippen LogP contribution >= 0.6 is 0 Å². The van der Waals surface area contributed by atoms with Gasteiger partial charge in [-0.2, -0.15) is 0 Å². The van der Waals surface area contributed by atoms with Crippen LogP contribution in [0.25, 0.3) is 0 Å². The highest BCUT2D eigenvalue weighted by Crippen LogP contribution is 2.09. The number of hydrogen-bond acceptors (Lipinski definition) is 3. The molecule has 18 heavy (non-hydrogen) atoms. The lowest BCUT2D eigenvalue weighted by atomic mass is 10.2. The second kappa shape index (κ2) is 10.1. The first-order chi connectivity index (χ1) is 8.84.